The zero-order valence-electron chi connectivity index (χ0n) is 17.2. The van der Waals surface area contributed by atoms with Crippen molar-refractivity contribution in [3.05, 3.63) is 52.7 Å². The van der Waals surface area contributed by atoms with E-state index in [9.17, 15) is 4.79 Å². The molecule has 1 aliphatic heterocycles. The number of methoxy groups -OCH3 is 2. The molecule has 0 bridgehead atoms. The van der Waals surface area contributed by atoms with Crippen molar-refractivity contribution in [3.8, 4) is 22.9 Å². The Morgan fingerprint density at radius 1 is 0.966 bits per heavy atom. The van der Waals surface area contributed by atoms with Gasteiger partial charge in [0.25, 0.3) is 0 Å². The third kappa shape index (κ3) is 3.51. The van der Waals surface area contributed by atoms with Gasteiger partial charge in [-0.15, -0.1) is 0 Å². The van der Waals surface area contributed by atoms with Crippen molar-refractivity contribution in [1.29, 1.82) is 0 Å². The highest BCUT2D eigenvalue weighted by Crippen LogP contribution is 2.33. The minimum atomic E-state index is -0.0307. The second kappa shape index (κ2) is 7.72. The van der Waals surface area contributed by atoms with Gasteiger partial charge >= 0.3 is 0 Å². The molecule has 0 spiro atoms. The second-order valence-corrected chi connectivity index (χ2v) is 7.43. The first-order valence-electron chi connectivity index (χ1n) is 9.65. The Hall–Kier alpha value is -3.12. The third-order valence-corrected chi connectivity index (χ3v) is 5.24. The normalized spacial score (nSPS) is 11.6. The molecule has 0 fully saturated rings. The van der Waals surface area contributed by atoms with E-state index in [2.05, 4.69) is 23.6 Å². The second-order valence-electron chi connectivity index (χ2n) is 7.43. The molecule has 2 aromatic rings. The van der Waals surface area contributed by atoms with Crippen molar-refractivity contribution in [2.45, 2.75) is 13.0 Å². The average molecular weight is 391 g/mol. The van der Waals surface area contributed by atoms with Gasteiger partial charge in [0.2, 0.25) is 0 Å². The largest absolute Gasteiger partial charge is 0.497 e. The van der Waals surface area contributed by atoms with Crippen LogP contribution in [0.5, 0.6) is 11.5 Å². The molecule has 6 heteroatoms. The van der Waals surface area contributed by atoms with Crippen LogP contribution in [0.2, 0.25) is 0 Å². The molecular formula is C23H25N3O3. The van der Waals surface area contributed by atoms with E-state index in [1.807, 2.05) is 30.3 Å². The molecule has 0 radical (unpaired) electrons. The van der Waals surface area contributed by atoms with E-state index in [0.29, 0.717) is 11.1 Å². The molecule has 0 saturated heterocycles. The molecule has 0 amide bonds. The highest BCUT2D eigenvalue weighted by molar-refractivity contribution is 5.98. The molecule has 6 nitrogen and oxygen atoms in total. The number of fused-ring (bicyclic) bond motifs is 4. The number of benzene rings is 3. The van der Waals surface area contributed by atoms with E-state index in [0.717, 1.165) is 53.1 Å². The van der Waals surface area contributed by atoms with Crippen LogP contribution in [0, 0.1) is 0 Å². The van der Waals surface area contributed by atoms with Gasteiger partial charge in [-0.3, -0.25) is 4.79 Å². The number of aromatic nitrogens is 2. The lowest BCUT2D eigenvalue weighted by molar-refractivity contribution is 0.388. The van der Waals surface area contributed by atoms with Gasteiger partial charge in [0.05, 0.1) is 36.6 Å². The molecule has 4 rings (SSSR count). The fourth-order valence-corrected chi connectivity index (χ4v) is 3.77. The van der Waals surface area contributed by atoms with Gasteiger partial charge in [0.1, 0.15) is 11.5 Å². The number of ether oxygens (including phenoxy) is 2. The molecule has 0 N–H and O–H groups in total. The maximum Gasteiger partial charge on any atom is 0.188 e. The molecule has 0 atom stereocenters. The predicted molar refractivity (Wildman–Crippen MR) is 116 cm³/mol. The van der Waals surface area contributed by atoms with Gasteiger partial charge < -0.3 is 18.9 Å². The summed E-state index contributed by atoms with van der Waals surface area (Å²) in [4.78, 5) is 20.0. The van der Waals surface area contributed by atoms with Crippen molar-refractivity contribution in [1.82, 2.24) is 14.5 Å². The summed E-state index contributed by atoms with van der Waals surface area (Å²) in [7, 11) is 7.38. The predicted octanol–water partition coefficient (Wildman–Crippen LogP) is 3.62. The van der Waals surface area contributed by atoms with Gasteiger partial charge in [-0.05, 0) is 57.4 Å². The lowest BCUT2D eigenvalue weighted by atomic mass is 10.0. The van der Waals surface area contributed by atoms with E-state index in [1.165, 1.54) is 0 Å². The quantitative estimate of drug-likeness (QED) is 0.371. The molecule has 1 heterocycles. The Balaban J connectivity index is 2.03. The van der Waals surface area contributed by atoms with Gasteiger partial charge in [-0.2, -0.15) is 0 Å². The molecular weight excluding hydrogens is 366 g/mol. The maximum absolute atomic E-state index is 12.9. The van der Waals surface area contributed by atoms with Crippen molar-refractivity contribution >= 4 is 21.8 Å². The van der Waals surface area contributed by atoms with Crippen LogP contribution in [-0.4, -0.2) is 49.3 Å². The number of hydrogen-bond donors (Lipinski definition) is 0. The van der Waals surface area contributed by atoms with Crippen LogP contribution in [0.15, 0.2) is 47.3 Å². The molecule has 0 unspecified atom stereocenters. The van der Waals surface area contributed by atoms with Gasteiger partial charge in [0.15, 0.2) is 5.43 Å². The first-order valence-corrected chi connectivity index (χ1v) is 9.65. The number of rotatable bonds is 6. The van der Waals surface area contributed by atoms with Crippen molar-refractivity contribution in [3.63, 3.8) is 0 Å². The summed E-state index contributed by atoms with van der Waals surface area (Å²) in [5, 5.41) is 1.46. The fraction of sp³-hybridized carbons (Fsp3) is 0.304. The average Bonchev–Trinajstić information content (AvgIpc) is 2.73. The van der Waals surface area contributed by atoms with Gasteiger partial charge in [-0.1, -0.05) is 0 Å². The molecule has 29 heavy (non-hydrogen) atoms. The summed E-state index contributed by atoms with van der Waals surface area (Å²) in [5.41, 5.74) is 3.47. The van der Waals surface area contributed by atoms with E-state index in [4.69, 9.17) is 14.5 Å². The number of nitrogens with zero attached hydrogens (tertiary/aromatic N) is 3. The molecule has 150 valence electrons. The Morgan fingerprint density at radius 3 is 2.41 bits per heavy atom. The first-order chi connectivity index (χ1) is 14.0. The van der Waals surface area contributed by atoms with E-state index >= 15 is 0 Å². The Kier molecular flexibility index (Phi) is 5.11. The minimum absolute atomic E-state index is 0.0307. The minimum Gasteiger partial charge on any atom is -0.497 e. The van der Waals surface area contributed by atoms with Crippen molar-refractivity contribution in [2.75, 3.05) is 34.9 Å². The lowest BCUT2D eigenvalue weighted by Crippen LogP contribution is -2.17. The highest BCUT2D eigenvalue weighted by atomic mass is 16.5. The third-order valence-electron chi connectivity index (χ3n) is 5.24. The van der Waals surface area contributed by atoms with Crippen LogP contribution in [0.4, 0.5) is 0 Å². The topological polar surface area (TPSA) is 56.6 Å². The van der Waals surface area contributed by atoms with E-state index in [-0.39, 0.29) is 5.43 Å². The van der Waals surface area contributed by atoms with Crippen molar-refractivity contribution < 1.29 is 9.47 Å². The SMILES string of the molecule is COc1ccc2c3nc4ccc(OC)cc4n(CCCN(C)C)c-3cc(=O)c2c1. The molecule has 1 aliphatic carbocycles. The lowest BCUT2D eigenvalue weighted by Gasteiger charge is -2.21. The van der Waals surface area contributed by atoms with Crippen LogP contribution < -0.4 is 14.9 Å². The van der Waals surface area contributed by atoms with Gasteiger partial charge in [-0.25, -0.2) is 4.98 Å². The summed E-state index contributed by atoms with van der Waals surface area (Å²) in [6, 6.07) is 13.1. The zero-order chi connectivity index (χ0) is 20.5. The number of aryl methyl sites for hydroxylation is 1. The summed E-state index contributed by atoms with van der Waals surface area (Å²) in [5.74, 6) is 1.44. The Labute approximate surface area is 169 Å². The van der Waals surface area contributed by atoms with Gasteiger partial charge in [0, 0.05) is 29.4 Å². The van der Waals surface area contributed by atoms with Crippen LogP contribution in [-0.2, 0) is 6.54 Å². The van der Waals surface area contributed by atoms with Crippen LogP contribution in [0.3, 0.4) is 0 Å². The zero-order valence-corrected chi connectivity index (χ0v) is 17.2. The van der Waals surface area contributed by atoms with Crippen LogP contribution in [0.1, 0.15) is 6.42 Å². The maximum atomic E-state index is 12.9. The number of hydrogen-bond acceptors (Lipinski definition) is 5. The molecule has 0 aromatic heterocycles. The molecule has 2 aliphatic rings. The summed E-state index contributed by atoms with van der Waals surface area (Å²) in [6.45, 7) is 1.74. The fourth-order valence-electron chi connectivity index (χ4n) is 3.77. The monoisotopic (exact) mass is 391 g/mol. The van der Waals surface area contributed by atoms with Crippen molar-refractivity contribution in [2.24, 2.45) is 0 Å². The summed E-state index contributed by atoms with van der Waals surface area (Å²) >= 11 is 0. The highest BCUT2D eigenvalue weighted by Gasteiger charge is 2.18. The Morgan fingerprint density at radius 2 is 1.69 bits per heavy atom. The Bertz CT molecular complexity index is 1210. The van der Waals surface area contributed by atoms with E-state index in [1.54, 1.807) is 26.4 Å². The molecule has 2 aromatic carbocycles. The smallest absolute Gasteiger partial charge is 0.188 e. The first kappa shape index (κ1) is 19.2. The van der Waals surface area contributed by atoms with Crippen LogP contribution >= 0.6 is 0 Å². The summed E-state index contributed by atoms with van der Waals surface area (Å²) < 4.78 is 12.9. The van der Waals surface area contributed by atoms with E-state index < -0.39 is 0 Å². The standard InChI is InChI=1S/C23H25N3O3/c1-25(2)10-5-11-26-20-13-16(29-4)7-9-19(20)24-23-17-8-6-15(28-3)12-18(17)22(27)14-21(23)26/h6-9,12-14H,5,10-11H2,1-4H3. The van der Waals surface area contributed by atoms with Crippen LogP contribution in [0.25, 0.3) is 33.2 Å². The summed E-state index contributed by atoms with van der Waals surface area (Å²) in [6.07, 6.45) is 0.956. The molecule has 0 saturated carbocycles.